The Hall–Kier alpha value is -2.12. The predicted molar refractivity (Wildman–Crippen MR) is 93.1 cm³/mol. The number of rotatable bonds is 6. The highest BCUT2D eigenvalue weighted by Crippen LogP contribution is 2.23. The van der Waals surface area contributed by atoms with Crippen LogP contribution in [0.5, 0.6) is 5.75 Å². The first-order valence-corrected chi connectivity index (χ1v) is 9.49. The Kier molecular flexibility index (Phi) is 5.01. The molecule has 1 aliphatic rings. The molecule has 1 aromatic carbocycles. The lowest BCUT2D eigenvalue weighted by Crippen LogP contribution is -2.27. The summed E-state index contributed by atoms with van der Waals surface area (Å²) in [4.78, 5) is 4.46. The van der Waals surface area contributed by atoms with Gasteiger partial charge in [0.05, 0.1) is 6.61 Å². The van der Waals surface area contributed by atoms with E-state index in [1.807, 2.05) is 31.2 Å². The van der Waals surface area contributed by atoms with E-state index in [1.54, 1.807) is 12.1 Å². The molecule has 0 unspecified atom stereocenters. The minimum absolute atomic E-state index is 0.238. The summed E-state index contributed by atoms with van der Waals surface area (Å²) < 4.78 is 31.8. The fourth-order valence-electron chi connectivity index (χ4n) is 2.63. The lowest BCUT2D eigenvalue weighted by Gasteiger charge is -2.15. The van der Waals surface area contributed by atoms with Gasteiger partial charge in [-0.1, -0.05) is 0 Å². The van der Waals surface area contributed by atoms with Crippen molar-refractivity contribution in [2.24, 2.45) is 0 Å². The van der Waals surface area contributed by atoms with Gasteiger partial charge >= 0.3 is 0 Å². The molecule has 0 bridgehead atoms. The normalized spacial score (nSPS) is 15.4. The maximum absolute atomic E-state index is 12.5. The molecule has 1 aliphatic heterocycles. The van der Waals surface area contributed by atoms with Gasteiger partial charge in [0.1, 0.15) is 16.5 Å². The number of nitrogens with one attached hydrogen (secondary N) is 1. The summed E-state index contributed by atoms with van der Waals surface area (Å²) in [7, 11) is -3.41. The van der Waals surface area contributed by atoms with Gasteiger partial charge in [0.2, 0.25) is 10.0 Å². The summed E-state index contributed by atoms with van der Waals surface area (Å²) in [5.41, 5.74) is 0.862. The number of aromatic nitrogens is 1. The van der Waals surface area contributed by atoms with Crippen LogP contribution in [-0.4, -0.2) is 37.4 Å². The molecule has 7 heteroatoms. The third-order valence-corrected chi connectivity index (χ3v) is 5.76. The van der Waals surface area contributed by atoms with Crippen molar-refractivity contribution < 1.29 is 13.2 Å². The Morgan fingerprint density at radius 1 is 1.12 bits per heavy atom. The van der Waals surface area contributed by atoms with Crippen LogP contribution in [0.25, 0.3) is 0 Å². The molecule has 0 aliphatic carbocycles. The molecule has 0 saturated carbocycles. The zero-order chi connectivity index (χ0) is 17.0. The highest BCUT2D eigenvalue weighted by atomic mass is 32.2. The molecule has 24 heavy (non-hydrogen) atoms. The lowest BCUT2D eigenvalue weighted by molar-refractivity contribution is 0.340. The molecule has 1 N–H and O–H groups in total. The number of benzene rings is 1. The first kappa shape index (κ1) is 16.7. The van der Waals surface area contributed by atoms with Crippen molar-refractivity contribution >= 4 is 21.5 Å². The van der Waals surface area contributed by atoms with E-state index in [4.69, 9.17) is 4.74 Å². The van der Waals surface area contributed by atoms with Gasteiger partial charge in [0.25, 0.3) is 0 Å². The van der Waals surface area contributed by atoms with Gasteiger partial charge in [-0.15, -0.1) is 0 Å². The number of anilines is 2. The van der Waals surface area contributed by atoms with Crippen molar-refractivity contribution in [2.45, 2.75) is 24.7 Å². The molecule has 2 aromatic rings. The third kappa shape index (κ3) is 3.68. The lowest BCUT2D eigenvalue weighted by atomic mass is 10.3. The smallest absolute Gasteiger partial charge is 0.244 e. The van der Waals surface area contributed by atoms with Crippen molar-refractivity contribution in [2.75, 3.05) is 25.0 Å². The van der Waals surface area contributed by atoms with E-state index < -0.39 is 10.0 Å². The zero-order valence-electron chi connectivity index (χ0n) is 13.6. The van der Waals surface area contributed by atoms with Crippen molar-refractivity contribution in [3.05, 3.63) is 42.6 Å². The second kappa shape index (κ2) is 7.19. The molecule has 3 rings (SSSR count). The average Bonchev–Trinajstić information content (AvgIpc) is 3.13. The summed E-state index contributed by atoms with van der Waals surface area (Å²) >= 11 is 0. The van der Waals surface area contributed by atoms with Gasteiger partial charge in [-0.2, -0.15) is 4.31 Å². The minimum Gasteiger partial charge on any atom is -0.494 e. The Bertz CT molecular complexity index is 768. The standard InChI is InChI=1S/C17H21N3O3S/c1-2-23-15-7-5-14(6-8-15)19-17-10-9-16(13-18-17)24(21,22)20-11-3-4-12-20/h5-10,13H,2-4,11-12H2,1H3,(H,18,19). The van der Waals surface area contributed by atoms with Crippen LogP contribution in [0, 0.1) is 0 Å². The molecule has 6 nitrogen and oxygen atoms in total. The fraction of sp³-hybridized carbons (Fsp3) is 0.353. The van der Waals surface area contributed by atoms with Crippen LogP contribution in [0.4, 0.5) is 11.5 Å². The molecule has 2 heterocycles. The number of nitrogens with zero attached hydrogens (tertiary/aromatic N) is 2. The molecule has 1 aromatic heterocycles. The highest BCUT2D eigenvalue weighted by Gasteiger charge is 2.27. The number of ether oxygens (including phenoxy) is 1. The van der Waals surface area contributed by atoms with Crippen LogP contribution < -0.4 is 10.1 Å². The van der Waals surface area contributed by atoms with E-state index in [9.17, 15) is 8.42 Å². The topological polar surface area (TPSA) is 71.5 Å². The van der Waals surface area contributed by atoms with Gasteiger partial charge in [-0.25, -0.2) is 13.4 Å². The Balaban J connectivity index is 1.70. The second-order valence-electron chi connectivity index (χ2n) is 5.57. The molecule has 0 radical (unpaired) electrons. The third-order valence-electron chi connectivity index (χ3n) is 3.88. The largest absolute Gasteiger partial charge is 0.494 e. The van der Waals surface area contributed by atoms with Crippen LogP contribution in [0.2, 0.25) is 0 Å². The monoisotopic (exact) mass is 347 g/mol. The molecular weight excluding hydrogens is 326 g/mol. The van der Waals surface area contributed by atoms with Gasteiger partial charge in [-0.05, 0) is 56.2 Å². The highest BCUT2D eigenvalue weighted by molar-refractivity contribution is 7.89. The maximum Gasteiger partial charge on any atom is 0.244 e. The molecule has 1 fully saturated rings. The summed E-state index contributed by atoms with van der Waals surface area (Å²) in [6, 6.07) is 10.8. The van der Waals surface area contributed by atoms with Crippen LogP contribution in [0.3, 0.4) is 0 Å². The first-order chi connectivity index (χ1) is 11.6. The van der Waals surface area contributed by atoms with E-state index in [-0.39, 0.29) is 4.90 Å². The second-order valence-corrected chi connectivity index (χ2v) is 7.51. The van der Waals surface area contributed by atoms with E-state index in [2.05, 4.69) is 10.3 Å². The number of pyridine rings is 1. The van der Waals surface area contributed by atoms with Crippen LogP contribution in [0.15, 0.2) is 47.5 Å². The number of hydrogen-bond donors (Lipinski definition) is 1. The van der Waals surface area contributed by atoms with Gasteiger partial charge < -0.3 is 10.1 Å². The fourth-order valence-corrected chi connectivity index (χ4v) is 4.10. The van der Waals surface area contributed by atoms with Crippen LogP contribution >= 0.6 is 0 Å². The van der Waals surface area contributed by atoms with Gasteiger partial charge in [0, 0.05) is 25.0 Å². The average molecular weight is 347 g/mol. The predicted octanol–water partition coefficient (Wildman–Crippen LogP) is 3.01. The Morgan fingerprint density at radius 2 is 1.83 bits per heavy atom. The first-order valence-electron chi connectivity index (χ1n) is 8.05. The van der Waals surface area contributed by atoms with E-state index in [0.29, 0.717) is 25.5 Å². The summed E-state index contributed by atoms with van der Waals surface area (Å²) in [6.45, 7) is 3.75. The van der Waals surface area contributed by atoms with Crippen molar-refractivity contribution in [1.82, 2.24) is 9.29 Å². The van der Waals surface area contributed by atoms with Gasteiger partial charge in [0.15, 0.2) is 0 Å². The van der Waals surface area contributed by atoms with E-state index >= 15 is 0 Å². The molecule has 0 atom stereocenters. The Labute approximate surface area is 142 Å². The van der Waals surface area contributed by atoms with E-state index in [1.165, 1.54) is 10.5 Å². The molecular formula is C17H21N3O3S. The minimum atomic E-state index is -3.41. The van der Waals surface area contributed by atoms with Crippen molar-refractivity contribution in [1.29, 1.82) is 0 Å². The Morgan fingerprint density at radius 3 is 2.42 bits per heavy atom. The van der Waals surface area contributed by atoms with Gasteiger partial charge in [-0.3, -0.25) is 0 Å². The quantitative estimate of drug-likeness (QED) is 0.870. The summed E-state index contributed by atoms with van der Waals surface area (Å²) in [6.07, 6.45) is 3.25. The van der Waals surface area contributed by atoms with Crippen LogP contribution in [-0.2, 0) is 10.0 Å². The molecule has 0 spiro atoms. The van der Waals surface area contributed by atoms with Crippen LogP contribution in [0.1, 0.15) is 19.8 Å². The molecule has 0 amide bonds. The molecule has 1 saturated heterocycles. The zero-order valence-corrected chi connectivity index (χ0v) is 14.4. The SMILES string of the molecule is CCOc1ccc(Nc2ccc(S(=O)(=O)N3CCCC3)cn2)cc1. The number of hydrogen-bond acceptors (Lipinski definition) is 5. The number of sulfonamides is 1. The molecule has 128 valence electrons. The summed E-state index contributed by atoms with van der Waals surface area (Å²) in [5.74, 6) is 1.41. The summed E-state index contributed by atoms with van der Waals surface area (Å²) in [5, 5.41) is 3.15. The van der Waals surface area contributed by atoms with E-state index in [0.717, 1.165) is 24.3 Å². The maximum atomic E-state index is 12.5. The van der Waals surface area contributed by atoms with Crippen molar-refractivity contribution in [3.63, 3.8) is 0 Å². The van der Waals surface area contributed by atoms with Crippen molar-refractivity contribution in [3.8, 4) is 5.75 Å².